The number of para-hydroxylation sites is 1. The Morgan fingerprint density at radius 1 is 1.29 bits per heavy atom. The van der Waals surface area contributed by atoms with Crippen LogP contribution in [0.1, 0.15) is 35.7 Å². The first-order valence-corrected chi connectivity index (χ1v) is 7.34. The highest BCUT2D eigenvalue weighted by atomic mass is 16.3. The summed E-state index contributed by atoms with van der Waals surface area (Å²) < 4.78 is 8.14. The monoisotopic (exact) mass is 283 g/mol. The van der Waals surface area contributed by atoms with Gasteiger partial charge in [0.1, 0.15) is 17.4 Å². The van der Waals surface area contributed by atoms with E-state index < -0.39 is 0 Å². The zero-order valence-electron chi connectivity index (χ0n) is 13.0. The number of benzene rings is 1. The van der Waals surface area contributed by atoms with Crippen LogP contribution in [0, 0.1) is 13.8 Å². The maximum absolute atomic E-state index is 6.11. The highest BCUT2D eigenvalue weighted by Gasteiger charge is 2.21. The van der Waals surface area contributed by atoms with Crippen molar-refractivity contribution in [3.63, 3.8) is 0 Å². The first-order valence-electron chi connectivity index (χ1n) is 7.34. The molecule has 0 radical (unpaired) electrons. The van der Waals surface area contributed by atoms with Crippen LogP contribution in [0.3, 0.4) is 0 Å². The Hall–Kier alpha value is -2.07. The lowest BCUT2D eigenvalue weighted by Gasteiger charge is -2.15. The molecule has 0 saturated heterocycles. The van der Waals surface area contributed by atoms with Gasteiger partial charge in [-0.2, -0.15) is 5.10 Å². The second kappa shape index (κ2) is 5.37. The summed E-state index contributed by atoms with van der Waals surface area (Å²) in [5.41, 5.74) is 4.29. The molecule has 1 unspecified atom stereocenters. The normalized spacial score (nSPS) is 13.0. The Labute approximate surface area is 124 Å². The van der Waals surface area contributed by atoms with Gasteiger partial charge in [0.2, 0.25) is 0 Å². The molecule has 0 fully saturated rings. The van der Waals surface area contributed by atoms with Crippen molar-refractivity contribution >= 4 is 11.0 Å². The average Bonchev–Trinajstić information content (AvgIpc) is 3.04. The van der Waals surface area contributed by atoms with Crippen LogP contribution in [0.15, 0.2) is 34.7 Å². The van der Waals surface area contributed by atoms with E-state index >= 15 is 0 Å². The molecule has 0 spiro atoms. The van der Waals surface area contributed by atoms with Crippen LogP contribution < -0.4 is 5.32 Å². The smallest absolute Gasteiger partial charge is 0.137 e. The van der Waals surface area contributed by atoms with Gasteiger partial charge in [0.25, 0.3) is 0 Å². The number of aromatic nitrogens is 2. The molecule has 0 bridgehead atoms. The molecule has 110 valence electrons. The molecular weight excluding hydrogens is 262 g/mol. The van der Waals surface area contributed by atoms with Gasteiger partial charge in [-0.05, 0) is 45.5 Å². The van der Waals surface area contributed by atoms with Gasteiger partial charge in [0, 0.05) is 11.9 Å². The van der Waals surface area contributed by atoms with Gasteiger partial charge in [0.05, 0.1) is 11.4 Å². The van der Waals surface area contributed by atoms with Gasteiger partial charge in [-0.3, -0.25) is 4.68 Å². The van der Waals surface area contributed by atoms with Gasteiger partial charge < -0.3 is 9.73 Å². The topological polar surface area (TPSA) is 43.0 Å². The van der Waals surface area contributed by atoms with Crippen molar-refractivity contribution in [3.8, 4) is 0 Å². The van der Waals surface area contributed by atoms with E-state index in [1.54, 1.807) is 0 Å². The third-order valence-corrected chi connectivity index (χ3v) is 3.86. The van der Waals surface area contributed by atoms with Crippen LogP contribution in [0.4, 0.5) is 0 Å². The van der Waals surface area contributed by atoms with Crippen molar-refractivity contribution in [2.45, 2.75) is 33.4 Å². The van der Waals surface area contributed by atoms with Crippen LogP contribution in [-0.2, 0) is 6.54 Å². The molecule has 1 N–H and O–H groups in total. The minimum atomic E-state index is 0.0120. The lowest BCUT2D eigenvalue weighted by atomic mass is 10.1. The Morgan fingerprint density at radius 2 is 2.10 bits per heavy atom. The summed E-state index contributed by atoms with van der Waals surface area (Å²) in [4.78, 5) is 0. The van der Waals surface area contributed by atoms with Gasteiger partial charge in [-0.25, -0.2) is 0 Å². The van der Waals surface area contributed by atoms with Crippen LogP contribution >= 0.6 is 0 Å². The van der Waals surface area contributed by atoms with Crippen LogP contribution in [0.2, 0.25) is 0 Å². The molecule has 3 aromatic rings. The Kier molecular flexibility index (Phi) is 3.55. The second-order valence-electron chi connectivity index (χ2n) is 5.39. The fourth-order valence-electron chi connectivity index (χ4n) is 2.86. The van der Waals surface area contributed by atoms with Crippen LogP contribution in [-0.4, -0.2) is 16.8 Å². The highest BCUT2D eigenvalue weighted by Crippen LogP contribution is 2.30. The number of nitrogens with one attached hydrogen (secondary N) is 1. The minimum absolute atomic E-state index is 0.0120. The van der Waals surface area contributed by atoms with Crippen molar-refractivity contribution in [3.05, 3.63) is 53.0 Å². The number of furan rings is 1. The number of fused-ring (bicyclic) bond motifs is 1. The first-order chi connectivity index (χ1) is 10.1. The fourth-order valence-corrected chi connectivity index (χ4v) is 2.86. The zero-order valence-corrected chi connectivity index (χ0v) is 13.0. The number of rotatable bonds is 4. The molecule has 2 aromatic heterocycles. The van der Waals surface area contributed by atoms with E-state index in [1.165, 1.54) is 0 Å². The van der Waals surface area contributed by atoms with E-state index in [9.17, 15) is 0 Å². The number of hydrogen-bond acceptors (Lipinski definition) is 3. The van der Waals surface area contributed by atoms with E-state index in [1.807, 2.05) is 18.7 Å². The van der Waals surface area contributed by atoms with E-state index in [0.717, 1.165) is 40.2 Å². The molecule has 21 heavy (non-hydrogen) atoms. The Bertz CT molecular complexity index is 770. The molecular formula is C17H21N3O. The van der Waals surface area contributed by atoms with Crippen LogP contribution in [0.25, 0.3) is 11.0 Å². The molecule has 4 nitrogen and oxygen atoms in total. The van der Waals surface area contributed by atoms with E-state index in [4.69, 9.17) is 4.42 Å². The summed E-state index contributed by atoms with van der Waals surface area (Å²) in [6.07, 6.45) is 0. The van der Waals surface area contributed by atoms with Crippen molar-refractivity contribution in [1.29, 1.82) is 0 Å². The molecule has 4 heteroatoms. The average molecular weight is 283 g/mol. The molecule has 0 aliphatic heterocycles. The SMILES string of the molecule is CCn1nc(C)cc1C(NC)c1cc2cccc(C)c2o1. The van der Waals surface area contributed by atoms with E-state index in [2.05, 4.69) is 54.6 Å². The second-order valence-corrected chi connectivity index (χ2v) is 5.39. The third kappa shape index (κ3) is 2.36. The fraction of sp³-hybridized carbons (Fsp3) is 0.353. The third-order valence-electron chi connectivity index (χ3n) is 3.86. The van der Waals surface area contributed by atoms with Crippen molar-refractivity contribution in [2.75, 3.05) is 7.05 Å². The van der Waals surface area contributed by atoms with Gasteiger partial charge in [-0.1, -0.05) is 18.2 Å². The largest absolute Gasteiger partial charge is 0.459 e. The number of nitrogens with zero attached hydrogens (tertiary/aromatic N) is 2. The molecule has 3 rings (SSSR count). The summed E-state index contributed by atoms with van der Waals surface area (Å²) in [6.45, 7) is 7.04. The maximum Gasteiger partial charge on any atom is 0.137 e. The Balaban J connectivity index is 2.11. The highest BCUT2D eigenvalue weighted by molar-refractivity contribution is 5.81. The van der Waals surface area contributed by atoms with E-state index in [0.29, 0.717) is 0 Å². The van der Waals surface area contributed by atoms with Gasteiger partial charge >= 0.3 is 0 Å². The van der Waals surface area contributed by atoms with Gasteiger partial charge in [-0.15, -0.1) is 0 Å². The lowest BCUT2D eigenvalue weighted by Crippen LogP contribution is -2.20. The molecule has 1 atom stereocenters. The molecule has 2 heterocycles. The zero-order chi connectivity index (χ0) is 15.0. The van der Waals surface area contributed by atoms with Crippen molar-refractivity contribution in [2.24, 2.45) is 0 Å². The predicted molar refractivity (Wildman–Crippen MR) is 84.5 cm³/mol. The maximum atomic E-state index is 6.11. The standard InChI is InChI=1S/C17H21N3O/c1-5-20-14(9-12(3)19-20)16(18-4)15-10-13-8-6-7-11(2)17(13)21-15/h6-10,16,18H,5H2,1-4H3. The molecule has 0 amide bonds. The van der Waals surface area contributed by atoms with E-state index in [-0.39, 0.29) is 6.04 Å². The summed E-state index contributed by atoms with van der Waals surface area (Å²) in [5, 5.41) is 9.02. The van der Waals surface area contributed by atoms with Crippen molar-refractivity contribution < 1.29 is 4.42 Å². The summed E-state index contributed by atoms with van der Waals surface area (Å²) in [7, 11) is 1.95. The van der Waals surface area contributed by atoms with Crippen LogP contribution in [0.5, 0.6) is 0 Å². The quantitative estimate of drug-likeness (QED) is 0.796. The minimum Gasteiger partial charge on any atom is -0.459 e. The summed E-state index contributed by atoms with van der Waals surface area (Å²) in [5.74, 6) is 0.927. The summed E-state index contributed by atoms with van der Waals surface area (Å²) in [6, 6.07) is 10.5. The lowest BCUT2D eigenvalue weighted by molar-refractivity contribution is 0.464. The van der Waals surface area contributed by atoms with Crippen molar-refractivity contribution in [1.82, 2.24) is 15.1 Å². The summed E-state index contributed by atoms with van der Waals surface area (Å²) >= 11 is 0. The Morgan fingerprint density at radius 3 is 2.76 bits per heavy atom. The molecule has 0 saturated carbocycles. The molecule has 0 aliphatic rings. The predicted octanol–water partition coefficient (Wildman–Crippen LogP) is 3.57. The van der Waals surface area contributed by atoms with Gasteiger partial charge in [0.15, 0.2) is 0 Å². The molecule has 0 aliphatic carbocycles. The number of aryl methyl sites for hydroxylation is 3. The number of hydrogen-bond donors (Lipinski definition) is 1. The molecule has 1 aromatic carbocycles. The first kappa shape index (κ1) is 13.9.